The van der Waals surface area contributed by atoms with Gasteiger partial charge in [-0.2, -0.15) is 0 Å². The average molecular weight is 475 g/mol. The number of carbonyl (C=O) groups is 1. The van der Waals surface area contributed by atoms with Gasteiger partial charge < -0.3 is 14.7 Å². The molecule has 0 fully saturated rings. The fourth-order valence-corrected chi connectivity index (χ4v) is 5.35. The van der Waals surface area contributed by atoms with Gasteiger partial charge in [-0.3, -0.25) is 9.36 Å². The molecule has 1 N–H and O–H groups in total. The normalized spacial score (nSPS) is 15.1. The van der Waals surface area contributed by atoms with Gasteiger partial charge in [-0.25, -0.2) is 0 Å². The van der Waals surface area contributed by atoms with E-state index in [0.717, 1.165) is 22.9 Å². The Morgan fingerprint density at radius 1 is 1.12 bits per heavy atom. The number of phenolic OH excluding ortho intramolecular Hbond substituents is 1. The highest BCUT2D eigenvalue weighted by atomic mass is 32.2. The number of anilines is 1. The Labute approximate surface area is 202 Å². The van der Waals surface area contributed by atoms with Crippen LogP contribution in [0.1, 0.15) is 12.5 Å². The third-order valence-corrected chi connectivity index (χ3v) is 7.09. The van der Waals surface area contributed by atoms with E-state index in [1.165, 1.54) is 17.3 Å². The van der Waals surface area contributed by atoms with Crippen molar-refractivity contribution in [3.63, 3.8) is 0 Å². The molecular formula is C26H26N4O3S. The Morgan fingerprint density at radius 2 is 1.85 bits per heavy atom. The second-order valence-corrected chi connectivity index (χ2v) is 9.34. The summed E-state index contributed by atoms with van der Waals surface area (Å²) in [5, 5.41) is 22.0. The van der Waals surface area contributed by atoms with Gasteiger partial charge in [-0.05, 0) is 47.9 Å². The van der Waals surface area contributed by atoms with Crippen LogP contribution in [-0.2, 0) is 22.5 Å². The molecule has 1 atom stereocenters. The van der Waals surface area contributed by atoms with Gasteiger partial charge in [-0.1, -0.05) is 54.2 Å². The molecule has 3 aromatic carbocycles. The van der Waals surface area contributed by atoms with Gasteiger partial charge in [0.1, 0.15) is 5.75 Å². The van der Waals surface area contributed by atoms with E-state index in [1.807, 2.05) is 58.0 Å². The summed E-state index contributed by atoms with van der Waals surface area (Å²) in [5.74, 6) is 0.974. The minimum Gasteiger partial charge on any atom is -0.507 e. The fourth-order valence-electron chi connectivity index (χ4n) is 4.53. The van der Waals surface area contributed by atoms with Crippen molar-refractivity contribution in [2.24, 2.45) is 0 Å². The number of benzene rings is 3. The zero-order valence-electron chi connectivity index (χ0n) is 19.1. The number of phenols is 1. The summed E-state index contributed by atoms with van der Waals surface area (Å²) < 4.78 is 7.21. The first kappa shape index (κ1) is 22.4. The van der Waals surface area contributed by atoms with Crippen LogP contribution in [0.5, 0.6) is 5.75 Å². The lowest BCUT2D eigenvalue weighted by Crippen LogP contribution is -2.37. The fraction of sp³-hybridized carbons (Fsp3) is 0.269. The number of hydrogen-bond acceptors (Lipinski definition) is 6. The molecule has 0 bridgehead atoms. The largest absolute Gasteiger partial charge is 0.507 e. The third-order valence-electron chi connectivity index (χ3n) is 6.14. The number of thioether (sulfide) groups is 1. The molecule has 1 aromatic heterocycles. The smallest absolute Gasteiger partial charge is 0.237 e. The van der Waals surface area contributed by atoms with Crippen molar-refractivity contribution in [3.05, 3.63) is 66.2 Å². The molecule has 4 aromatic rings. The summed E-state index contributed by atoms with van der Waals surface area (Å²) >= 11 is 1.36. The Bertz CT molecular complexity index is 1350. The van der Waals surface area contributed by atoms with E-state index in [-0.39, 0.29) is 23.5 Å². The second kappa shape index (κ2) is 9.48. The number of aromatic hydroxyl groups is 1. The number of para-hydroxylation sites is 1. The lowest BCUT2D eigenvalue weighted by Gasteiger charge is -2.22. The lowest BCUT2D eigenvalue weighted by molar-refractivity contribution is -0.116. The molecule has 1 unspecified atom stereocenters. The van der Waals surface area contributed by atoms with Crippen LogP contribution in [0.4, 0.5) is 5.69 Å². The van der Waals surface area contributed by atoms with Crippen molar-refractivity contribution in [1.82, 2.24) is 14.8 Å². The summed E-state index contributed by atoms with van der Waals surface area (Å²) in [7, 11) is 1.64. The van der Waals surface area contributed by atoms with Crippen LogP contribution in [0, 0.1) is 0 Å². The van der Waals surface area contributed by atoms with E-state index in [4.69, 9.17) is 4.74 Å². The maximum atomic E-state index is 13.2. The van der Waals surface area contributed by atoms with E-state index in [0.29, 0.717) is 29.7 Å². The number of methoxy groups -OCH3 is 1. The quantitative estimate of drug-likeness (QED) is 0.397. The van der Waals surface area contributed by atoms with Crippen LogP contribution in [0.3, 0.4) is 0 Å². The van der Waals surface area contributed by atoms with Gasteiger partial charge >= 0.3 is 0 Å². The lowest BCUT2D eigenvalue weighted by atomic mass is 10.1. The molecule has 2 heterocycles. The molecule has 0 spiro atoms. The van der Waals surface area contributed by atoms with Crippen molar-refractivity contribution < 1.29 is 14.6 Å². The van der Waals surface area contributed by atoms with Gasteiger partial charge in [0.25, 0.3) is 0 Å². The monoisotopic (exact) mass is 474 g/mol. The van der Waals surface area contributed by atoms with Crippen LogP contribution in [0.25, 0.3) is 22.2 Å². The molecule has 0 aliphatic carbocycles. The summed E-state index contributed by atoms with van der Waals surface area (Å²) in [4.78, 5) is 15.1. The number of aromatic nitrogens is 3. The highest BCUT2D eigenvalue weighted by molar-refractivity contribution is 7.99. The molecule has 0 radical (unpaired) electrons. The number of rotatable bonds is 7. The molecule has 5 rings (SSSR count). The minimum absolute atomic E-state index is 0.0406. The van der Waals surface area contributed by atoms with Gasteiger partial charge in [-0.15, -0.1) is 10.2 Å². The molecular weight excluding hydrogens is 448 g/mol. The van der Waals surface area contributed by atoms with Crippen molar-refractivity contribution in [2.45, 2.75) is 31.1 Å². The number of nitrogens with zero attached hydrogens (tertiary/aromatic N) is 4. The first-order valence-corrected chi connectivity index (χ1v) is 12.2. The number of amides is 1. The van der Waals surface area contributed by atoms with Gasteiger partial charge in [0.2, 0.25) is 5.91 Å². The third kappa shape index (κ3) is 4.15. The van der Waals surface area contributed by atoms with E-state index in [9.17, 15) is 9.90 Å². The van der Waals surface area contributed by atoms with E-state index >= 15 is 0 Å². The molecule has 1 amide bonds. The molecule has 34 heavy (non-hydrogen) atoms. The average Bonchev–Trinajstić information content (AvgIpc) is 3.40. The van der Waals surface area contributed by atoms with Crippen LogP contribution < -0.4 is 4.90 Å². The van der Waals surface area contributed by atoms with E-state index in [1.54, 1.807) is 13.2 Å². The van der Waals surface area contributed by atoms with Gasteiger partial charge in [0, 0.05) is 18.8 Å². The molecule has 1 aliphatic rings. The number of fused-ring (bicyclic) bond motifs is 2. The topological polar surface area (TPSA) is 80.5 Å². The van der Waals surface area contributed by atoms with Gasteiger partial charge in [0.15, 0.2) is 11.0 Å². The van der Waals surface area contributed by atoms with E-state index < -0.39 is 0 Å². The first-order chi connectivity index (χ1) is 16.6. The van der Waals surface area contributed by atoms with Crippen LogP contribution in [0.15, 0.2) is 65.8 Å². The zero-order chi connectivity index (χ0) is 23.7. The predicted molar refractivity (Wildman–Crippen MR) is 134 cm³/mol. The highest BCUT2D eigenvalue weighted by Gasteiger charge is 2.30. The standard InChI is InChI=1S/C26H26N4O3S/c1-17-13-20-9-5-6-10-22(20)30(17)24(32)16-34-26-28-27-25(29(26)11-12-33-2)21-14-18-7-3-4-8-19(18)15-23(21)31/h3-10,14-15,17,31H,11-13,16H2,1-2H3. The number of carbonyl (C=O) groups excluding carboxylic acids is 1. The van der Waals surface area contributed by atoms with Crippen molar-refractivity contribution in [2.75, 3.05) is 24.4 Å². The minimum atomic E-state index is 0.0406. The molecule has 1 aliphatic heterocycles. The van der Waals surface area contributed by atoms with Crippen molar-refractivity contribution >= 4 is 34.1 Å². The molecule has 0 saturated carbocycles. The van der Waals surface area contributed by atoms with E-state index in [2.05, 4.69) is 23.2 Å². The summed E-state index contributed by atoms with van der Waals surface area (Å²) in [6.45, 7) is 3.03. The summed E-state index contributed by atoms with van der Waals surface area (Å²) in [6.07, 6.45) is 0.863. The Morgan fingerprint density at radius 3 is 2.65 bits per heavy atom. The summed E-state index contributed by atoms with van der Waals surface area (Å²) in [5.41, 5.74) is 2.79. The molecule has 8 heteroatoms. The number of hydrogen-bond donors (Lipinski definition) is 1. The van der Waals surface area contributed by atoms with Gasteiger partial charge in [0.05, 0.1) is 24.5 Å². The van der Waals surface area contributed by atoms with Crippen LogP contribution in [-0.4, -0.2) is 51.3 Å². The Kier molecular flexibility index (Phi) is 6.26. The molecule has 7 nitrogen and oxygen atoms in total. The second-order valence-electron chi connectivity index (χ2n) is 8.40. The molecule has 174 valence electrons. The maximum absolute atomic E-state index is 13.2. The first-order valence-electron chi connectivity index (χ1n) is 11.2. The van der Waals surface area contributed by atoms with Crippen molar-refractivity contribution in [3.8, 4) is 17.1 Å². The molecule has 0 saturated heterocycles. The van der Waals surface area contributed by atoms with Crippen molar-refractivity contribution in [1.29, 1.82) is 0 Å². The maximum Gasteiger partial charge on any atom is 0.237 e. The number of ether oxygens (including phenoxy) is 1. The SMILES string of the molecule is COCCn1c(SCC(=O)N2c3ccccc3CC2C)nnc1-c1cc2ccccc2cc1O. The highest BCUT2D eigenvalue weighted by Crippen LogP contribution is 2.35. The van der Waals surface area contributed by atoms with Crippen LogP contribution in [0.2, 0.25) is 0 Å². The summed E-state index contributed by atoms with van der Waals surface area (Å²) in [6, 6.07) is 19.7. The Hall–Kier alpha value is -3.36. The van der Waals surface area contributed by atoms with Crippen LogP contribution >= 0.6 is 11.8 Å². The zero-order valence-corrected chi connectivity index (χ0v) is 20.0. The predicted octanol–water partition coefficient (Wildman–Crippen LogP) is 4.52. The Balaban J connectivity index is 1.42.